The molecule has 5 nitrogen and oxygen atoms in total. The third-order valence-electron chi connectivity index (χ3n) is 4.65. The molecular formula is C22H15F3N2O3. The molecule has 2 amide bonds. The second-order valence-electron chi connectivity index (χ2n) is 6.61. The van der Waals surface area contributed by atoms with Crippen molar-refractivity contribution in [1.82, 2.24) is 0 Å². The number of rotatable bonds is 4. The van der Waals surface area contributed by atoms with Gasteiger partial charge in [-0.15, -0.1) is 0 Å². The summed E-state index contributed by atoms with van der Waals surface area (Å²) >= 11 is 0. The number of benzene rings is 3. The first kappa shape index (κ1) is 19.5. The summed E-state index contributed by atoms with van der Waals surface area (Å²) in [6.45, 7) is 0.218. The first-order valence-corrected chi connectivity index (χ1v) is 9.00. The average molecular weight is 412 g/mol. The number of hydrogen-bond donors (Lipinski definition) is 1. The van der Waals surface area contributed by atoms with Crippen LogP contribution in [0.25, 0.3) is 0 Å². The molecule has 0 radical (unpaired) electrons. The first-order valence-electron chi connectivity index (χ1n) is 9.00. The van der Waals surface area contributed by atoms with Crippen molar-refractivity contribution in [3.63, 3.8) is 0 Å². The Kier molecular flexibility index (Phi) is 5.14. The maximum absolute atomic E-state index is 13.7. The van der Waals surface area contributed by atoms with E-state index in [9.17, 15) is 22.8 Å². The van der Waals surface area contributed by atoms with Crippen molar-refractivity contribution < 1.29 is 27.5 Å². The Morgan fingerprint density at radius 3 is 2.47 bits per heavy atom. The molecule has 152 valence electrons. The molecule has 0 unspecified atom stereocenters. The fraction of sp³-hybridized carbons (Fsp3) is 0.0909. The van der Waals surface area contributed by atoms with E-state index in [0.29, 0.717) is 11.4 Å². The van der Waals surface area contributed by atoms with Gasteiger partial charge < -0.3 is 15.0 Å². The van der Waals surface area contributed by atoms with E-state index in [2.05, 4.69) is 5.32 Å². The molecule has 1 aliphatic heterocycles. The van der Waals surface area contributed by atoms with Gasteiger partial charge in [-0.2, -0.15) is 0 Å². The SMILES string of the molecule is O=C(Nc1ccc(F)c(F)c1F)c1ccc(CN2C(=O)COc3ccccc32)cc1. The van der Waals surface area contributed by atoms with Crippen molar-refractivity contribution in [2.75, 3.05) is 16.8 Å². The van der Waals surface area contributed by atoms with E-state index in [0.717, 1.165) is 17.7 Å². The van der Waals surface area contributed by atoms with Crippen molar-refractivity contribution in [2.24, 2.45) is 0 Å². The topological polar surface area (TPSA) is 58.6 Å². The van der Waals surface area contributed by atoms with Gasteiger partial charge in [-0.25, -0.2) is 13.2 Å². The number of nitrogens with one attached hydrogen (secondary N) is 1. The maximum Gasteiger partial charge on any atom is 0.265 e. The second kappa shape index (κ2) is 7.90. The summed E-state index contributed by atoms with van der Waals surface area (Å²) in [7, 11) is 0. The standard InChI is InChI=1S/C22H15F3N2O3/c23-15-9-10-16(21(25)20(15)24)26-22(29)14-7-5-13(6-8-14)11-27-17-3-1-2-4-18(17)30-12-19(27)28/h1-10H,11-12H2,(H,26,29). The molecule has 0 spiro atoms. The number of para-hydroxylation sites is 2. The maximum atomic E-state index is 13.7. The summed E-state index contributed by atoms with van der Waals surface area (Å²) in [5, 5.41) is 2.21. The lowest BCUT2D eigenvalue weighted by atomic mass is 10.1. The van der Waals surface area contributed by atoms with Crippen LogP contribution in [0.1, 0.15) is 15.9 Å². The van der Waals surface area contributed by atoms with E-state index in [-0.39, 0.29) is 24.6 Å². The molecule has 0 saturated carbocycles. The Morgan fingerprint density at radius 2 is 1.70 bits per heavy atom. The summed E-state index contributed by atoms with van der Waals surface area (Å²) < 4.78 is 45.5. The Bertz CT molecular complexity index is 1130. The Labute approximate surface area is 169 Å². The minimum atomic E-state index is -1.65. The number of ether oxygens (including phenoxy) is 1. The molecule has 0 bridgehead atoms. The van der Waals surface area contributed by atoms with Crippen LogP contribution in [0.2, 0.25) is 0 Å². The van der Waals surface area contributed by atoms with Crippen molar-refractivity contribution in [3.8, 4) is 5.75 Å². The van der Waals surface area contributed by atoms with E-state index in [1.807, 2.05) is 6.07 Å². The van der Waals surface area contributed by atoms with Gasteiger partial charge in [-0.05, 0) is 42.0 Å². The largest absolute Gasteiger partial charge is 0.482 e. The van der Waals surface area contributed by atoms with E-state index in [1.54, 1.807) is 35.2 Å². The molecule has 1 N–H and O–H groups in total. The molecular weight excluding hydrogens is 397 g/mol. The molecule has 0 atom stereocenters. The second-order valence-corrected chi connectivity index (χ2v) is 6.61. The van der Waals surface area contributed by atoms with Crippen molar-refractivity contribution in [2.45, 2.75) is 6.54 Å². The fourth-order valence-corrected chi connectivity index (χ4v) is 3.09. The summed E-state index contributed by atoms with van der Waals surface area (Å²) in [5.41, 5.74) is 1.15. The van der Waals surface area contributed by atoms with Gasteiger partial charge >= 0.3 is 0 Å². The van der Waals surface area contributed by atoms with E-state index in [4.69, 9.17) is 4.74 Å². The highest BCUT2D eigenvalue weighted by Crippen LogP contribution is 2.32. The van der Waals surface area contributed by atoms with E-state index >= 15 is 0 Å². The van der Waals surface area contributed by atoms with Gasteiger partial charge in [0.15, 0.2) is 24.1 Å². The highest BCUT2D eigenvalue weighted by molar-refractivity contribution is 6.04. The minimum Gasteiger partial charge on any atom is -0.482 e. The van der Waals surface area contributed by atoms with Crippen LogP contribution >= 0.6 is 0 Å². The van der Waals surface area contributed by atoms with Gasteiger partial charge in [-0.3, -0.25) is 9.59 Å². The third kappa shape index (κ3) is 3.71. The minimum absolute atomic E-state index is 0.0582. The normalized spacial score (nSPS) is 12.9. The highest BCUT2D eigenvalue weighted by atomic mass is 19.2. The lowest BCUT2D eigenvalue weighted by Gasteiger charge is -2.29. The van der Waals surface area contributed by atoms with Crippen LogP contribution in [0.3, 0.4) is 0 Å². The molecule has 30 heavy (non-hydrogen) atoms. The van der Waals surface area contributed by atoms with Crippen LogP contribution in [-0.4, -0.2) is 18.4 Å². The van der Waals surface area contributed by atoms with Gasteiger partial charge in [0.25, 0.3) is 11.8 Å². The van der Waals surface area contributed by atoms with E-state index in [1.165, 1.54) is 12.1 Å². The number of fused-ring (bicyclic) bond motifs is 1. The Balaban J connectivity index is 1.49. The predicted molar refractivity (Wildman–Crippen MR) is 104 cm³/mol. The van der Waals surface area contributed by atoms with Gasteiger partial charge in [-0.1, -0.05) is 24.3 Å². The number of anilines is 2. The fourth-order valence-electron chi connectivity index (χ4n) is 3.09. The molecule has 3 aromatic rings. The number of carbonyl (C=O) groups excluding carboxylic acids is 2. The van der Waals surface area contributed by atoms with Crippen molar-refractivity contribution in [1.29, 1.82) is 0 Å². The monoisotopic (exact) mass is 412 g/mol. The molecule has 4 rings (SSSR count). The van der Waals surface area contributed by atoms with Crippen LogP contribution in [0.4, 0.5) is 24.5 Å². The zero-order chi connectivity index (χ0) is 21.3. The quantitative estimate of drug-likeness (QED) is 0.651. The van der Waals surface area contributed by atoms with Crippen LogP contribution in [0.15, 0.2) is 60.7 Å². The molecule has 0 saturated heterocycles. The lowest BCUT2D eigenvalue weighted by molar-refractivity contribution is -0.121. The van der Waals surface area contributed by atoms with Crippen LogP contribution in [-0.2, 0) is 11.3 Å². The Hall–Kier alpha value is -3.81. The Morgan fingerprint density at radius 1 is 0.967 bits per heavy atom. The molecule has 3 aromatic carbocycles. The summed E-state index contributed by atoms with van der Waals surface area (Å²) in [4.78, 5) is 26.2. The van der Waals surface area contributed by atoms with Crippen molar-refractivity contribution in [3.05, 3.63) is 89.2 Å². The molecule has 0 aromatic heterocycles. The number of carbonyl (C=O) groups is 2. The molecule has 1 heterocycles. The molecule has 8 heteroatoms. The number of amides is 2. The van der Waals surface area contributed by atoms with Crippen LogP contribution in [0.5, 0.6) is 5.75 Å². The van der Waals surface area contributed by atoms with Crippen LogP contribution < -0.4 is 15.0 Å². The zero-order valence-electron chi connectivity index (χ0n) is 15.5. The smallest absolute Gasteiger partial charge is 0.265 e. The summed E-state index contributed by atoms with van der Waals surface area (Å²) in [6.07, 6.45) is 0. The van der Waals surface area contributed by atoms with Crippen LogP contribution in [0, 0.1) is 17.5 Å². The number of hydrogen-bond acceptors (Lipinski definition) is 3. The van der Waals surface area contributed by atoms with E-state index < -0.39 is 29.0 Å². The summed E-state index contributed by atoms with van der Waals surface area (Å²) in [6, 6.07) is 15.2. The first-order chi connectivity index (χ1) is 14.4. The zero-order valence-corrected chi connectivity index (χ0v) is 15.5. The number of halogens is 3. The van der Waals surface area contributed by atoms with Gasteiger partial charge in [0.05, 0.1) is 17.9 Å². The third-order valence-corrected chi connectivity index (χ3v) is 4.65. The highest BCUT2D eigenvalue weighted by Gasteiger charge is 2.25. The predicted octanol–water partition coefficient (Wildman–Crippen LogP) is 4.28. The molecule has 0 fully saturated rings. The summed E-state index contributed by atoms with van der Waals surface area (Å²) in [5.74, 6) is -4.72. The van der Waals surface area contributed by atoms with Crippen molar-refractivity contribution >= 4 is 23.2 Å². The molecule has 1 aliphatic rings. The lowest BCUT2D eigenvalue weighted by Crippen LogP contribution is -2.38. The van der Waals surface area contributed by atoms with Gasteiger partial charge in [0.2, 0.25) is 0 Å². The number of nitrogens with zero attached hydrogens (tertiary/aromatic N) is 1. The average Bonchev–Trinajstić information content (AvgIpc) is 2.76. The van der Waals surface area contributed by atoms with Gasteiger partial charge in [0, 0.05) is 5.56 Å². The van der Waals surface area contributed by atoms with Gasteiger partial charge in [0.1, 0.15) is 5.75 Å². The molecule has 0 aliphatic carbocycles.